The molecule has 97 heavy (non-hydrogen) atoms. The van der Waals surface area contributed by atoms with Crippen LogP contribution in [0.4, 0.5) is 0 Å². The molecule has 5 aromatic heterocycles. The fourth-order valence-electron chi connectivity index (χ4n) is 15.0. The number of fused-ring (bicyclic) bond motifs is 9. The normalized spacial score (nSPS) is 13.0. The van der Waals surface area contributed by atoms with Crippen molar-refractivity contribution in [2.24, 2.45) is 5.92 Å². The van der Waals surface area contributed by atoms with E-state index in [1.165, 1.54) is 27.6 Å². The van der Waals surface area contributed by atoms with E-state index < -0.39 is 0 Å². The lowest BCUT2D eigenvalue weighted by Crippen LogP contribution is -2.15. The van der Waals surface area contributed by atoms with Crippen LogP contribution >= 0.6 is 0 Å². The van der Waals surface area contributed by atoms with Gasteiger partial charge in [0, 0.05) is 66.0 Å². The summed E-state index contributed by atoms with van der Waals surface area (Å²) in [7, 11) is 0. The highest BCUT2D eigenvalue weighted by Gasteiger charge is 2.34. The molecule has 0 aliphatic heterocycles. The molecule has 0 spiro atoms. The molecular weight excluding hydrogens is 1180 g/mol. The Morgan fingerprint density at radius 1 is 0.289 bits per heavy atom. The minimum absolute atomic E-state index is 0.301. The van der Waals surface area contributed by atoms with Gasteiger partial charge in [0.05, 0.1) is 67.4 Å². The molecule has 1 aliphatic carbocycles. The quantitative estimate of drug-likeness (QED) is 0.129. The molecule has 0 saturated carbocycles. The summed E-state index contributed by atoms with van der Waals surface area (Å²) in [6, 6.07) is 105. The first kappa shape index (κ1) is 57.4. The molecule has 1 unspecified atom stereocenters. The zero-order chi connectivity index (χ0) is 64.8. The van der Waals surface area contributed by atoms with Crippen LogP contribution in [0.2, 0.25) is 0 Å². The Hall–Kier alpha value is -12.3. The third-order valence-electron chi connectivity index (χ3n) is 19.6. The van der Waals surface area contributed by atoms with Crippen molar-refractivity contribution in [1.29, 1.82) is 0 Å². The fraction of sp³-hybridized carbons (Fsp3) is 0.0667. The molecular formula is C90H65N7. The predicted molar refractivity (Wildman–Crippen MR) is 403 cm³/mol. The van der Waals surface area contributed by atoms with Crippen LogP contribution < -0.4 is 0 Å². The van der Waals surface area contributed by atoms with Gasteiger partial charge in [-0.05, 0) is 146 Å². The zero-order valence-electron chi connectivity index (χ0n) is 54.3. The van der Waals surface area contributed by atoms with Gasteiger partial charge in [-0.2, -0.15) is 0 Å². The summed E-state index contributed by atoms with van der Waals surface area (Å²) in [5.74, 6) is 1.40. The Bertz CT molecular complexity index is 5710. The van der Waals surface area contributed by atoms with Gasteiger partial charge in [0.25, 0.3) is 0 Å². The van der Waals surface area contributed by atoms with Crippen LogP contribution in [0.5, 0.6) is 0 Å². The van der Waals surface area contributed by atoms with Crippen LogP contribution in [0, 0.1) is 26.7 Å². The van der Waals surface area contributed by atoms with Crippen molar-refractivity contribution in [2.45, 2.75) is 34.1 Å². The topological polar surface area (TPSA) is 66.3 Å². The van der Waals surface area contributed by atoms with Crippen LogP contribution in [0.3, 0.4) is 0 Å². The summed E-state index contributed by atoms with van der Waals surface area (Å²) in [4.78, 5) is 23.6. The van der Waals surface area contributed by atoms with Crippen molar-refractivity contribution < 1.29 is 0 Å². The van der Waals surface area contributed by atoms with Gasteiger partial charge in [-0.15, -0.1) is 0 Å². The van der Waals surface area contributed by atoms with Crippen LogP contribution in [-0.4, -0.2) is 33.6 Å². The van der Waals surface area contributed by atoms with Crippen molar-refractivity contribution in [3.8, 4) is 107 Å². The lowest BCUT2D eigenvalue weighted by molar-refractivity contribution is 0.717. The maximum atomic E-state index is 5.90. The summed E-state index contributed by atoms with van der Waals surface area (Å²) in [6.45, 7) is 8.95. The van der Waals surface area contributed by atoms with Crippen molar-refractivity contribution in [2.75, 3.05) is 0 Å². The third-order valence-corrected chi connectivity index (χ3v) is 19.6. The van der Waals surface area contributed by atoms with E-state index in [1.807, 2.05) is 0 Å². The molecule has 17 aromatic rings. The lowest BCUT2D eigenvalue weighted by atomic mass is 9.93. The standard InChI is InChI=1S/C90H65N7/c1-56-35-41-80-68(47-56)69-48-57(2)36-42-81(69)95(80)86-74(89-91-76(62-27-15-7-16-28-62)54-77(92-89)63-29-17-8-18-30-63)53-75(90-93-78(64-31-19-9-20-32-64)55-79(94-90)65-33-21-10-22-34-65)87(96-82-43-37-58(3)49-70(82)71-50-59(4)38-44-83(71)96)88(86)97-84-45-39-66(60-23-11-5-12-24-60)51-72(84)73-52-67(40-46-85(73)97)61-25-13-6-14-26-61/h5-49,51-55,59H,50H2,1-4H3. The number of rotatable bonds is 11. The highest BCUT2D eigenvalue weighted by atomic mass is 15.1. The first-order valence-electron chi connectivity index (χ1n) is 33.5. The Morgan fingerprint density at radius 2 is 0.608 bits per heavy atom. The second-order valence-corrected chi connectivity index (χ2v) is 26.1. The highest BCUT2D eigenvalue weighted by Crippen LogP contribution is 2.51. The Labute approximate surface area is 563 Å². The smallest absolute Gasteiger partial charge is 0.162 e. The van der Waals surface area contributed by atoms with Crippen LogP contribution in [0.25, 0.3) is 168 Å². The van der Waals surface area contributed by atoms with Crippen LogP contribution in [0.1, 0.15) is 34.9 Å². The molecule has 0 bridgehead atoms. The van der Waals surface area contributed by atoms with Crippen molar-refractivity contribution >= 4 is 60.6 Å². The number of aryl methyl sites for hydroxylation is 3. The summed E-state index contributed by atoms with van der Waals surface area (Å²) in [5.41, 5.74) is 27.1. The van der Waals surface area contributed by atoms with Crippen molar-refractivity contribution in [3.63, 3.8) is 0 Å². The molecule has 18 rings (SSSR count). The molecule has 12 aromatic carbocycles. The number of hydrogen-bond acceptors (Lipinski definition) is 4. The number of hydrogen-bond donors (Lipinski definition) is 0. The third kappa shape index (κ3) is 9.88. The Morgan fingerprint density at radius 3 is 1.00 bits per heavy atom. The van der Waals surface area contributed by atoms with E-state index in [4.69, 9.17) is 19.9 Å². The highest BCUT2D eigenvalue weighted by molar-refractivity contribution is 6.15. The molecule has 5 heterocycles. The van der Waals surface area contributed by atoms with E-state index in [1.54, 1.807) is 0 Å². The fourth-order valence-corrected chi connectivity index (χ4v) is 15.0. The van der Waals surface area contributed by atoms with E-state index in [0.717, 1.165) is 157 Å². The molecule has 1 atom stereocenters. The van der Waals surface area contributed by atoms with Gasteiger partial charge in [0.2, 0.25) is 0 Å². The average Bonchev–Trinajstić information content (AvgIpc) is 1.58. The molecule has 460 valence electrons. The second kappa shape index (κ2) is 23.3. The van der Waals surface area contributed by atoms with Gasteiger partial charge < -0.3 is 13.7 Å². The van der Waals surface area contributed by atoms with E-state index in [9.17, 15) is 0 Å². The first-order valence-corrected chi connectivity index (χ1v) is 33.5. The van der Waals surface area contributed by atoms with Gasteiger partial charge in [0.1, 0.15) is 0 Å². The van der Waals surface area contributed by atoms with Gasteiger partial charge in [-0.25, -0.2) is 19.9 Å². The largest absolute Gasteiger partial charge is 0.307 e. The zero-order valence-corrected chi connectivity index (χ0v) is 54.3. The van der Waals surface area contributed by atoms with Crippen molar-refractivity contribution in [3.05, 3.63) is 325 Å². The average molecular weight is 1240 g/mol. The molecule has 0 N–H and O–H groups in total. The van der Waals surface area contributed by atoms with Gasteiger partial charge >= 0.3 is 0 Å². The Kier molecular flexibility index (Phi) is 13.8. The molecule has 0 amide bonds. The summed E-state index contributed by atoms with van der Waals surface area (Å²) in [5, 5.41) is 5.73. The molecule has 7 heteroatoms. The predicted octanol–water partition coefficient (Wildman–Crippen LogP) is 22.9. The lowest BCUT2D eigenvalue weighted by Gasteiger charge is -2.28. The van der Waals surface area contributed by atoms with E-state index in [0.29, 0.717) is 17.6 Å². The summed E-state index contributed by atoms with van der Waals surface area (Å²) >= 11 is 0. The first-order chi connectivity index (χ1) is 47.7. The van der Waals surface area contributed by atoms with Crippen LogP contribution in [-0.2, 0) is 6.42 Å². The summed E-state index contributed by atoms with van der Waals surface area (Å²) < 4.78 is 7.68. The number of allylic oxidation sites excluding steroid dienone is 1. The van der Waals surface area contributed by atoms with Crippen molar-refractivity contribution in [1.82, 2.24) is 33.6 Å². The maximum absolute atomic E-state index is 5.90. The van der Waals surface area contributed by atoms with E-state index >= 15 is 0 Å². The molecule has 0 fully saturated rings. The van der Waals surface area contributed by atoms with Gasteiger partial charge in [0.15, 0.2) is 11.6 Å². The summed E-state index contributed by atoms with van der Waals surface area (Å²) in [6.07, 6.45) is 5.63. The monoisotopic (exact) mass is 1240 g/mol. The van der Waals surface area contributed by atoms with Gasteiger partial charge in [-0.1, -0.05) is 242 Å². The maximum Gasteiger partial charge on any atom is 0.162 e. The number of benzene rings is 12. The van der Waals surface area contributed by atoms with Crippen LogP contribution in [0.15, 0.2) is 297 Å². The number of aromatic nitrogens is 7. The van der Waals surface area contributed by atoms with E-state index in [-0.39, 0.29) is 0 Å². The van der Waals surface area contributed by atoms with Gasteiger partial charge in [-0.3, -0.25) is 0 Å². The SMILES string of the molecule is Cc1ccc2c(c1)c1c(n2-c2c(-c3nc(-c4ccccc4)cc(-c4ccccc4)n3)cc(-c3nc(-c4ccccc4)cc(-c4ccccc4)n3)c(-n3c4ccc(C)cc4c4cc(C)ccc43)c2-n2c3ccc(-c4ccccc4)cc3c3cc(-c4ccccc4)ccc32)C=CC(C)C1. The van der Waals surface area contributed by atoms with E-state index in [2.05, 4.69) is 345 Å². The molecule has 1 aliphatic rings. The molecule has 7 nitrogen and oxygen atoms in total. The molecule has 0 saturated heterocycles. The number of nitrogens with zero attached hydrogens (tertiary/aromatic N) is 7. The minimum Gasteiger partial charge on any atom is -0.307 e. The Balaban J connectivity index is 1.13. The molecule has 0 radical (unpaired) electrons. The second-order valence-electron chi connectivity index (χ2n) is 26.1. The minimum atomic E-state index is 0.301.